The summed E-state index contributed by atoms with van der Waals surface area (Å²) < 4.78 is 4.06. The molecular weight excluding hydrogens is 476 g/mol. The molecule has 4 heterocycles. The zero-order valence-corrected chi connectivity index (χ0v) is 21.4. The summed E-state index contributed by atoms with van der Waals surface area (Å²) in [5, 5.41) is 14.5. The molecule has 2 aromatic carbocycles. The van der Waals surface area contributed by atoms with Gasteiger partial charge in [-0.15, -0.1) is 5.10 Å². The first-order valence-corrected chi connectivity index (χ1v) is 13.8. The molecule has 194 valence electrons. The molecule has 9 heteroatoms. The van der Waals surface area contributed by atoms with Gasteiger partial charge in [-0.25, -0.2) is 9.48 Å². The van der Waals surface area contributed by atoms with Crippen molar-refractivity contribution in [1.82, 2.24) is 39.6 Å². The first-order chi connectivity index (χ1) is 18.8. The van der Waals surface area contributed by atoms with Crippen molar-refractivity contribution in [1.29, 1.82) is 0 Å². The van der Waals surface area contributed by atoms with Gasteiger partial charge in [0, 0.05) is 30.7 Å². The second-order valence-electron chi connectivity index (χ2n) is 10.7. The molecule has 5 aromatic rings. The highest BCUT2D eigenvalue weighted by atomic mass is 16.1. The lowest BCUT2D eigenvalue weighted by atomic mass is 9.93. The Balaban J connectivity index is 1.26. The zero-order valence-electron chi connectivity index (χ0n) is 21.4. The van der Waals surface area contributed by atoms with Gasteiger partial charge in [-0.3, -0.25) is 14.5 Å². The molecule has 0 radical (unpaired) electrons. The summed E-state index contributed by atoms with van der Waals surface area (Å²) in [5.41, 5.74) is 4.02. The number of rotatable bonds is 5. The van der Waals surface area contributed by atoms with Crippen LogP contribution in [0.1, 0.15) is 74.5 Å². The number of piperidine rings is 1. The Kier molecular flexibility index (Phi) is 6.00. The maximum atomic E-state index is 12.9. The van der Waals surface area contributed by atoms with Crippen LogP contribution in [0.2, 0.25) is 0 Å². The van der Waals surface area contributed by atoms with Crippen LogP contribution in [0.25, 0.3) is 21.9 Å². The highest BCUT2D eigenvalue weighted by molar-refractivity contribution is 5.82. The third-order valence-corrected chi connectivity index (χ3v) is 8.51. The van der Waals surface area contributed by atoms with Crippen molar-refractivity contribution in [3.63, 3.8) is 0 Å². The smallest absolute Gasteiger partial charge is 0.306 e. The van der Waals surface area contributed by atoms with Crippen LogP contribution in [-0.2, 0) is 0 Å². The van der Waals surface area contributed by atoms with Gasteiger partial charge in [0.25, 0.3) is 0 Å². The number of imidazole rings is 1. The van der Waals surface area contributed by atoms with Crippen LogP contribution in [0, 0.1) is 0 Å². The summed E-state index contributed by atoms with van der Waals surface area (Å²) in [5.74, 6) is 0.913. The molecule has 9 nitrogen and oxygen atoms in total. The topological polar surface area (TPSA) is 97.5 Å². The van der Waals surface area contributed by atoms with E-state index in [0.29, 0.717) is 6.04 Å². The van der Waals surface area contributed by atoms with E-state index in [-0.39, 0.29) is 17.8 Å². The van der Waals surface area contributed by atoms with Gasteiger partial charge in [0.2, 0.25) is 0 Å². The molecule has 1 aliphatic carbocycles. The number of pyridine rings is 1. The number of H-pyrrole nitrogens is 1. The second kappa shape index (κ2) is 9.79. The number of nitrogens with one attached hydrogen (secondary N) is 1. The van der Waals surface area contributed by atoms with E-state index in [4.69, 9.17) is 0 Å². The minimum atomic E-state index is -0.0829. The van der Waals surface area contributed by atoms with Gasteiger partial charge in [0.15, 0.2) is 5.82 Å². The number of aromatic amines is 1. The molecular formula is C29H32N8O. The van der Waals surface area contributed by atoms with Crippen molar-refractivity contribution in [3.8, 4) is 0 Å². The Hall–Kier alpha value is -3.85. The average Bonchev–Trinajstić information content (AvgIpc) is 3.58. The molecule has 7 rings (SSSR count). The van der Waals surface area contributed by atoms with Crippen LogP contribution < -0.4 is 5.69 Å². The maximum Gasteiger partial charge on any atom is 0.326 e. The lowest BCUT2D eigenvalue weighted by Gasteiger charge is -2.38. The summed E-state index contributed by atoms with van der Waals surface area (Å²) in [6.07, 6.45) is 9.62. The first kappa shape index (κ1) is 23.3. The monoisotopic (exact) mass is 508 g/mol. The standard InChI is InChI=1S/C29H32N8O/c38-29-31-25-12-6-7-13-26(25)36(29)20-15-18-35(19-16-20)27(23-14-17-30-24-11-5-4-10-22(23)24)28-32-33-34-37(28)21-8-2-1-3-9-21/h4-7,10-14,17,20-21,27H,1-3,8-9,15-16,18-19H2,(H,31,38). The van der Waals surface area contributed by atoms with Gasteiger partial charge in [0.1, 0.15) is 0 Å². The lowest BCUT2D eigenvalue weighted by Crippen LogP contribution is -2.40. The van der Waals surface area contributed by atoms with E-state index in [0.717, 1.165) is 66.5 Å². The van der Waals surface area contributed by atoms with E-state index in [1.165, 1.54) is 24.8 Å². The molecule has 1 atom stereocenters. The summed E-state index contributed by atoms with van der Waals surface area (Å²) in [6, 6.07) is 18.8. The third kappa shape index (κ3) is 4.01. The van der Waals surface area contributed by atoms with Crippen LogP contribution in [0.4, 0.5) is 0 Å². The Morgan fingerprint density at radius 3 is 2.53 bits per heavy atom. The molecule has 3 aromatic heterocycles. The highest BCUT2D eigenvalue weighted by Crippen LogP contribution is 2.38. The quantitative estimate of drug-likeness (QED) is 0.366. The predicted molar refractivity (Wildman–Crippen MR) is 146 cm³/mol. The summed E-state index contributed by atoms with van der Waals surface area (Å²) >= 11 is 0. The SMILES string of the molecule is O=c1[nH]c2ccccc2n1C1CCN(C(c2ccnc3ccccc23)c2nnnn2C2CCCCC2)CC1. The Morgan fingerprint density at radius 1 is 0.868 bits per heavy atom. The van der Waals surface area contributed by atoms with Gasteiger partial charge >= 0.3 is 5.69 Å². The Labute approximate surface area is 220 Å². The van der Waals surface area contributed by atoms with Gasteiger partial charge in [-0.05, 0) is 65.9 Å². The first-order valence-electron chi connectivity index (χ1n) is 13.8. The van der Waals surface area contributed by atoms with E-state index < -0.39 is 0 Å². The van der Waals surface area contributed by atoms with Crippen LogP contribution in [0.5, 0.6) is 0 Å². The number of likely N-dealkylation sites (tertiary alicyclic amines) is 1. The minimum Gasteiger partial charge on any atom is -0.306 e. The fourth-order valence-corrected chi connectivity index (χ4v) is 6.66. The van der Waals surface area contributed by atoms with Gasteiger partial charge in [-0.1, -0.05) is 49.6 Å². The molecule has 0 amide bonds. The number of benzene rings is 2. The minimum absolute atomic E-state index is 0.0254. The number of hydrogen-bond acceptors (Lipinski definition) is 6. The molecule has 0 spiro atoms. The molecule has 2 fully saturated rings. The molecule has 2 aliphatic rings. The molecule has 38 heavy (non-hydrogen) atoms. The fourth-order valence-electron chi connectivity index (χ4n) is 6.66. The van der Waals surface area contributed by atoms with Gasteiger partial charge < -0.3 is 4.98 Å². The maximum absolute atomic E-state index is 12.9. The number of para-hydroxylation sites is 3. The van der Waals surface area contributed by atoms with E-state index in [2.05, 4.69) is 59.3 Å². The summed E-state index contributed by atoms with van der Waals surface area (Å²) in [6.45, 7) is 1.69. The van der Waals surface area contributed by atoms with E-state index >= 15 is 0 Å². The predicted octanol–water partition coefficient (Wildman–Crippen LogP) is 4.80. The van der Waals surface area contributed by atoms with E-state index in [1.54, 1.807) is 0 Å². The number of hydrogen-bond donors (Lipinski definition) is 1. The van der Waals surface area contributed by atoms with Crippen molar-refractivity contribution < 1.29 is 0 Å². The van der Waals surface area contributed by atoms with Crippen molar-refractivity contribution >= 4 is 21.9 Å². The second-order valence-corrected chi connectivity index (χ2v) is 10.7. The van der Waals surface area contributed by atoms with Crippen LogP contribution in [0.15, 0.2) is 65.6 Å². The van der Waals surface area contributed by atoms with Crippen molar-refractivity contribution in [2.75, 3.05) is 13.1 Å². The Morgan fingerprint density at radius 2 is 1.66 bits per heavy atom. The summed E-state index contributed by atoms with van der Waals surface area (Å²) in [4.78, 5) is 23.0. The van der Waals surface area contributed by atoms with Gasteiger partial charge in [-0.2, -0.15) is 0 Å². The van der Waals surface area contributed by atoms with E-state index in [9.17, 15) is 4.79 Å². The molecule has 1 aliphatic heterocycles. The van der Waals surface area contributed by atoms with Crippen molar-refractivity contribution in [2.24, 2.45) is 0 Å². The molecule has 1 saturated carbocycles. The number of nitrogens with zero attached hydrogens (tertiary/aromatic N) is 7. The average molecular weight is 509 g/mol. The van der Waals surface area contributed by atoms with Crippen LogP contribution in [0.3, 0.4) is 0 Å². The molecule has 1 unspecified atom stereocenters. The molecule has 1 N–H and O–H groups in total. The van der Waals surface area contributed by atoms with Gasteiger partial charge in [0.05, 0.1) is 28.6 Å². The van der Waals surface area contributed by atoms with Crippen molar-refractivity contribution in [2.45, 2.75) is 63.1 Å². The summed E-state index contributed by atoms with van der Waals surface area (Å²) in [7, 11) is 0. The molecule has 1 saturated heterocycles. The van der Waals surface area contributed by atoms with E-state index in [1.807, 2.05) is 41.1 Å². The normalized spacial score (nSPS) is 18.8. The Bertz CT molecular complexity index is 1620. The zero-order chi connectivity index (χ0) is 25.5. The number of tetrazole rings is 1. The van der Waals surface area contributed by atoms with Crippen molar-refractivity contribution in [3.05, 3.63) is 82.7 Å². The number of fused-ring (bicyclic) bond motifs is 2. The largest absolute Gasteiger partial charge is 0.326 e. The molecule has 0 bridgehead atoms. The van der Waals surface area contributed by atoms with Crippen LogP contribution >= 0.6 is 0 Å². The van der Waals surface area contributed by atoms with Crippen LogP contribution in [-0.4, -0.2) is 52.7 Å². The number of aromatic nitrogens is 7. The lowest BCUT2D eigenvalue weighted by molar-refractivity contribution is 0.144. The third-order valence-electron chi connectivity index (χ3n) is 8.51. The highest BCUT2D eigenvalue weighted by Gasteiger charge is 2.35. The fraction of sp³-hybridized carbons (Fsp3) is 0.414.